The number of rotatable bonds is 3. The predicted molar refractivity (Wildman–Crippen MR) is 58.8 cm³/mol. The zero-order valence-electron chi connectivity index (χ0n) is 7.94. The first-order chi connectivity index (χ1) is 7.20. The summed E-state index contributed by atoms with van der Waals surface area (Å²) in [6.45, 7) is 2.45. The smallest absolute Gasteiger partial charge is 0.219 e. The van der Waals surface area contributed by atoms with Gasteiger partial charge in [0.1, 0.15) is 5.01 Å². The van der Waals surface area contributed by atoms with Crippen molar-refractivity contribution in [3.05, 3.63) is 21.9 Å². The molecule has 2 aromatic rings. The van der Waals surface area contributed by atoms with E-state index in [0.29, 0.717) is 16.7 Å². The van der Waals surface area contributed by atoms with E-state index in [1.807, 2.05) is 6.92 Å². The van der Waals surface area contributed by atoms with E-state index >= 15 is 0 Å². The third-order valence-corrected chi connectivity index (χ3v) is 3.13. The van der Waals surface area contributed by atoms with Crippen LogP contribution in [-0.2, 0) is 6.54 Å². The number of aromatic nitrogens is 4. The average Bonchev–Trinajstić information content (AvgIpc) is 2.80. The summed E-state index contributed by atoms with van der Waals surface area (Å²) in [5.74, 6) is 5.20. The number of hydrazine groups is 1. The Morgan fingerprint density at radius 1 is 1.60 bits per heavy atom. The number of nitrogens with two attached hydrogens (primary N) is 1. The highest BCUT2D eigenvalue weighted by molar-refractivity contribution is 7.15. The molecule has 0 spiro atoms. The van der Waals surface area contributed by atoms with Crippen LogP contribution >= 0.6 is 22.9 Å². The van der Waals surface area contributed by atoms with Crippen molar-refractivity contribution in [1.82, 2.24) is 20.0 Å². The number of hydrogen-bond donors (Lipinski definition) is 2. The third kappa shape index (κ3) is 2.09. The molecular weight excluding hydrogens is 236 g/mol. The van der Waals surface area contributed by atoms with Crippen molar-refractivity contribution in [2.24, 2.45) is 5.84 Å². The largest absolute Gasteiger partial charge is 0.298 e. The van der Waals surface area contributed by atoms with Crippen LogP contribution in [0.2, 0.25) is 5.02 Å². The molecule has 2 aromatic heterocycles. The van der Waals surface area contributed by atoms with E-state index in [2.05, 4.69) is 20.7 Å². The van der Waals surface area contributed by atoms with Crippen LogP contribution in [0.5, 0.6) is 0 Å². The fourth-order valence-corrected chi connectivity index (χ4v) is 1.86. The molecule has 0 fully saturated rings. The molecule has 15 heavy (non-hydrogen) atoms. The minimum absolute atomic E-state index is 0.553. The lowest BCUT2D eigenvalue weighted by Crippen LogP contribution is -2.05. The van der Waals surface area contributed by atoms with E-state index in [4.69, 9.17) is 17.4 Å². The van der Waals surface area contributed by atoms with E-state index in [1.165, 1.54) is 11.3 Å². The molecule has 0 aliphatic rings. The average molecular weight is 245 g/mol. The molecule has 80 valence electrons. The second-order valence-electron chi connectivity index (χ2n) is 2.88. The van der Waals surface area contributed by atoms with Crippen LogP contribution < -0.4 is 11.3 Å². The molecule has 0 amide bonds. The molecule has 2 heterocycles. The maximum absolute atomic E-state index is 5.88. The summed E-state index contributed by atoms with van der Waals surface area (Å²) in [4.78, 5) is 0. The zero-order valence-corrected chi connectivity index (χ0v) is 9.51. The quantitative estimate of drug-likeness (QED) is 0.623. The topological polar surface area (TPSA) is 81.7 Å². The summed E-state index contributed by atoms with van der Waals surface area (Å²) in [5, 5.41) is 14.0. The summed E-state index contributed by atoms with van der Waals surface area (Å²) >= 11 is 7.26. The Labute approximate surface area is 95.0 Å². The second kappa shape index (κ2) is 4.13. The van der Waals surface area contributed by atoms with Gasteiger partial charge in [0.15, 0.2) is 0 Å². The zero-order chi connectivity index (χ0) is 10.8. The van der Waals surface area contributed by atoms with Crippen LogP contribution in [0.25, 0.3) is 0 Å². The predicted octanol–water partition coefficient (Wildman–Crippen LogP) is 1.03. The molecule has 0 unspecified atom stereocenters. The van der Waals surface area contributed by atoms with Crippen molar-refractivity contribution < 1.29 is 0 Å². The second-order valence-corrected chi connectivity index (χ2v) is 4.35. The highest BCUT2D eigenvalue weighted by Crippen LogP contribution is 2.18. The van der Waals surface area contributed by atoms with Crippen molar-refractivity contribution in [3.8, 4) is 0 Å². The lowest BCUT2D eigenvalue weighted by atomic mass is 10.5. The Bertz CT molecular complexity index is 464. The minimum atomic E-state index is 0.553. The molecule has 0 aliphatic carbocycles. The molecule has 8 heteroatoms. The Morgan fingerprint density at radius 2 is 2.40 bits per heavy atom. The standard InChI is InChI=1S/C7H9ClN6S/c1-4-5(8)2-10-14(4)3-6-12-13-7(11-9)15-6/h2H,3,9H2,1H3,(H,11,13). The summed E-state index contributed by atoms with van der Waals surface area (Å²) in [7, 11) is 0. The van der Waals surface area contributed by atoms with E-state index in [0.717, 1.165) is 10.7 Å². The minimum Gasteiger partial charge on any atom is -0.298 e. The van der Waals surface area contributed by atoms with Gasteiger partial charge < -0.3 is 0 Å². The normalized spacial score (nSPS) is 10.6. The van der Waals surface area contributed by atoms with Crippen LogP contribution in [0.3, 0.4) is 0 Å². The van der Waals surface area contributed by atoms with Gasteiger partial charge in [-0.05, 0) is 6.92 Å². The van der Waals surface area contributed by atoms with Gasteiger partial charge >= 0.3 is 0 Å². The summed E-state index contributed by atoms with van der Waals surface area (Å²) in [5.41, 5.74) is 3.35. The number of nitrogens with zero attached hydrogens (tertiary/aromatic N) is 4. The van der Waals surface area contributed by atoms with E-state index < -0.39 is 0 Å². The molecule has 0 atom stereocenters. The van der Waals surface area contributed by atoms with Gasteiger partial charge in [-0.25, -0.2) is 5.84 Å². The van der Waals surface area contributed by atoms with Crippen LogP contribution in [0.1, 0.15) is 10.7 Å². The number of halogens is 1. The fraction of sp³-hybridized carbons (Fsp3) is 0.286. The Kier molecular flexibility index (Phi) is 2.85. The van der Waals surface area contributed by atoms with Gasteiger partial charge in [-0.3, -0.25) is 10.1 Å². The molecule has 2 rings (SSSR count). The van der Waals surface area contributed by atoms with Crippen LogP contribution in [-0.4, -0.2) is 20.0 Å². The first kappa shape index (κ1) is 10.3. The molecule has 0 bridgehead atoms. The van der Waals surface area contributed by atoms with Crippen LogP contribution in [0.4, 0.5) is 5.13 Å². The van der Waals surface area contributed by atoms with E-state index in [1.54, 1.807) is 10.9 Å². The van der Waals surface area contributed by atoms with Gasteiger partial charge in [-0.2, -0.15) is 5.10 Å². The first-order valence-corrected chi connectivity index (χ1v) is 5.37. The molecular formula is C7H9ClN6S. The monoisotopic (exact) mass is 244 g/mol. The number of nitrogen functional groups attached to an aromatic ring is 1. The van der Waals surface area contributed by atoms with E-state index in [9.17, 15) is 0 Å². The van der Waals surface area contributed by atoms with Gasteiger partial charge in [0, 0.05) is 0 Å². The maximum Gasteiger partial charge on any atom is 0.219 e. The summed E-state index contributed by atoms with van der Waals surface area (Å²) < 4.78 is 1.77. The Morgan fingerprint density at radius 3 is 2.93 bits per heavy atom. The van der Waals surface area contributed by atoms with Crippen molar-refractivity contribution >= 4 is 28.1 Å². The molecule has 0 radical (unpaired) electrons. The lowest BCUT2D eigenvalue weighted by molar-refractivity contribution is 0.657. The van der Waals surface area contributed by atoms with Crippen molar-refractivity contribution in [1.29, 1.82) is 0 Å². The highest BCUT2D eigenvalue weighted by atomic mass is 35.5. The van der Waals surface area contributed by atoms with Gasteiger partial charge in [0.25, 0.3) is 0 Å². The Balaban J connectivity index is 2.18. The number of anilines is 1. The summed E-state index contributed by atoms with van der Waals surface area (Å²) in [6.07, 6.45) is 1.61. The maximum atomic E-state index is 5.88. The van der Waals surface area contributed by atoms with Crippen molar-refractivity contribution in [2.45, 2.75) is 13.5 Å². The van der Waals surface area contributed by atoms with Crippen molar-refractivity contribution in [3.63, 3.8) is 0 Å². The van der Waals surface area contributed by atoms with Gasteiger partial charge in [-0.1, -0.05) is 22.9 Å². The molecule has 6 nitrogen and oxygen atoms in total. The van der Waals surface area contributed by atoms with E-state index in [-0.39, 0.29) is 0 Å². The molecule has 0 saturated carbocycles. The van der Waals surface area contributed by atoms with Gasteiger partial charge in [0.2, 0.25) is 5.13 Å². The number of hydrogen-bond acceptors (Lipinski definition) is 6. The number of nitrogens with one attached hydrogen (secondary N) is 1. The SMILES string of the molecule is Cc1c(Cl)cnn1Cc1nnc(NN)s1. The molecule has 0 aromatic carbocycles. The van der Waals surface area contributed by atoms with Gasteiger partial charge in [-0.15, -0.1) is 10.2 Å². The highest BCUT2D eigenvalue weighted by Gasteiger charge is 2.08. The fourth-order valence-electron chi connectivity index (χ4n) is 1.09. The third-order valence-electron chi connectivity index (χ3n) is 1.92. The lowest BCUT2D eigenvalue weighted by Gasteiger charge is -1.99. The first-order valence-electron chi connectivity index (χ1n) is 4.17. The van der Waals surface area contributed by atoms with Crippen LogP contribution in [0.15, 0.2) is 6.20 Å². The van der Waals surface area contributed by atoms with Crippen molar-refractivity contribution in [2.75, 3.05) is 5.43 Å². The van der Waals surface area contributed by atoms with Crippen LogP contribution in [0, 0.1) is 6.92 Å². The van der Waals surface area contributed by atoms with Gasteiger partial charge in [0.05, 0.1) is 23.5 Å². The summed E-state index contributed by atoms with van der Waals surface area (Å²) in [6, 6.07) is 0. The molecule has 0 saturated heterocycles. The molecule has 3 N–H and O–H groups in total. The molecule has 0 aliphatic heterocycles. The Hall–Kier alpha value is -1.18.